The maximum absolute atomic E-state index is 12.7. The normalized spacial score (nSPS) is 12.4. The number of hydrogen-bond donors (Lipinski definition) is 0. The van der Waals surface area contributed by atoms with Crippen LogP contribution in [0.25, 0.3) is 6.08 Å². The van der Waals surface area contributed by atoms with Crippen LogP contribution in [0.1, 0.15) is 43.9 Å². The van der Waals surface area contributed by atoms with E-state index in [2.05, 4.69) is 0 Å². The second kappa shape index (κ2) is 7.29. The first-order valence-electron chi connectivity index (χ1n) is 6.85. The van der Waals surface area contributed by atoms with Gasteiger partial charge in [-0.2, -0.15) is 13.2 Å². The van der Waals surface area contributed by atoms with Crippen molar-refractivity contribution in [3.8, 4) is 0 Å². The van der Waals surface area contributed by atoms with Gasteiger partial charge in [-0.15, -0.1) is 0 Å². The molecule has 21 heavy (non-hydrogen) atoms. The highest BCUT2D eigenvalue weighted by atomic mass is 19.4. The molecule has 2 nitrogen and oxygen atoms in total. The minimum absolute atomic E-state index is 0.263. The molecule has 5 heteroatoms. The summed E-state index contributed by atoms with van der Waals surface area (Å²) >= 11 is 0. The number of ether oxygens (including phenoxy) is 1. The quantitative estimate of drug-likeness (QED) is 0.585. The summed E-state index contributed by atoms with van der Waals surface area (Å²) in [5, 5.41) is 0. The highest BCUT2D eigenvalue weighted by molar-refractivity contribution is 5.93. The first-order valence-corrected chi connectivity index (χ1v) is 6.85. The van der Waals surface area contributed by atoms with Gasteiger partial charge in [-0.25, -0.2) is 4.79 Å². The molecule has 0 saturated heterocycles. The lowest BCUT2D eigenvalue weighted by molar-refractivity contribution is -0.138. The predicted molar refractivity (Wildman–Crippen MR) is 75.7 cm³/mol. The summed E-state index contributed by atoms with van der Waals surface area (Å²) in [6.07, 6.45) is -1.55. The van der Waals surface area contributed by atoms with Gasteiger partial charge in [0.05, 0.1) is 12.2 Å². The van der Waals surface area contributed by atoms with Gasteiger partial charge in [0.25, 0.3) is 0 Å². The molecule has 0 N–H and O–H groups in total. The monoisotopic (exact) mass is 300 g/mol. The first kappa shape index (κ1) is 17.3. The smallest absolute Gasteiger partial charge is 0.416 e. The number of carbonyl (C=O) groups excluding carboxylic acids is 1. The van der Waals surface area contributed by atoms with E-state index in [9.17, 15) is 18.0 Å². The van der Waals surface area contributed by atoms with Crippen LogP contribution in [0.15, 0.2) is 23.8 Å². The molecule has 0 radical (unpaired) electrons. The standard InChI is InChI=1S/C16H19F3O2/c1-4-6-12-10-14(16(17,18)19)8-7-13(12)9-11(3)15(20)21-5-2/h7-10H,4-6H2,1-3H3/b11-9+. The number of aryl methyl sites for hydroxylation is 1. The molecule has 0 bridgehead atoms. The Morgan fingerprint density at radius 3 is 2.48 bits per heavy atom. The van der Waals surface area contributed by atoms with Gasteiger partial charge in [-0.3, -0.25) is 0 Å². The Morgan fingerprint density at radius 2 is 1.95 bits per heavy atom. The van der Waals surface area contributed by atoms with Crippen LogP contribution < -0.4 is 0 Å². The van der Waals surface area contributed by atoms with Crippen LogP contribution in [-0.2, 0) is 22.1 Å². The minimum atomic E-state index is -4.36. The number of hydrogen-bond acceptors (Lipinski definition) is 2. The van der Waals surface area contributed by atoms with Crippen molar-refractivity contribution in [3.05, 3.63) is 40.5 Å². The van der Waals surface area contributed by atoms with E-state index in [0.29, 0.717) is 23.1 Å². The van der Waals surface area contributed by atoms with E-state index in [0.717, 1.165) is 18.6 Å². The molecule has 0 spiro atoms. The summed E-state index contributed by atoms with van der Waals surface area (Å²) in [6, 6.07) is 3.58. The van der Waals surface area contributed by atoms with Crippen molar-refractivity contribution in [1.29, 1.82) is 0 Å². The Morgan fingerprint density at radius 1 is 1.29 bits per heavy atom. The van der Waals surface area contributed by atoms with Gasteiger partial charge in [-0.05, 0) is 49.6 Å². The summed E-state index contributed by atoms with van der Waals surface area (Å²) in [5.41, 5.74) is 0.900. The van der Waals surface area contributed by atoms with Crippen molar-refractivity contribution in [3.63, 3.8) is 0 Å². The minimum Gasteiger partial charge on any atom is -0.463 e. The highest BCUT2D eigenvalue weighted by Crippen LogP contribution is 2.31. The van der Waals surface area contributed by atoms with Crippen LogP contribution in [0.2, 0.25) is 0 Å². The molecular formula is C16H19F3O2. The van der Waals surface area contributed by atoms with Gasteiger partial charge in [-0.1, -0.05) is 19.4 Å². The predicted octanol–water partition coefficient (Wildman–Crippen LogP) is 4.62. The summed E-state index contributed by atoms with van der Waals surface area (Å²) in [6.45, 7) is 5.45. The Bertz CT molecular complexity index is 531. The first-order chi connectivity index (χ1) is 9.79. The molecule has 0 unspecified atom stereocenters. The molecule has 0 aliphatic rings. The number of halogens is 3. The molecule has 0 saturated carbocycles. The second-order valence-corrected chi connectivity index (χ2v) is 4.71. The molecule has 0 aromatic heterocycles. The average Bonchev–Trinajstić information content (AvgIpc) is 2.40. The number of benzene rings is 1. The number of alkyl halides is 3. The van der Waals surface area contributed by atoms with Gasteiger partial charge in [0.1, 0.15) is 0 Å². The lowest BCUT2D eigenvalue weighted by Gasteiger charge is -2.12. The van der Waals surface area contributed by atoms with Crippen molar-refractivity contribution in [2.24, 2.45) is 0 Å². The van der Waals surface area contributed by atoms with Crippen molar-refractivity contribution in [2.75, 3.05) is 6.61 Å². The molecule has 0 atom stereocenters. The van der Waals surface area contributed by atoms with E-state index < -0.39 is 17.7 Å². The Balaban J connectivity index is 3.18. The molecule has 0 aliphatic carbocycles. The fourth-order valence-corrected chi connectivity index (χ4v) is 1.95. The van der Waals surface area contributed by atoms with E-state index in [-0.39, 0.29) is 6.61 Å². The van der Waals surface area contributed by atoms with Gasteiger partial charge in [0.2, 0.25) is 0 Å². The SMILES string of the molecule is CCCc1cc(C(F)(F)F)ccc1/C=C(\C)C(=O)OCC. The average molecular weight is 300 g/mol. The van der Waals surface area contributed by atoms with Gasteiger partial charge < -0.3 is 4.74 Å². The van der Waals surface area contributed by atoms with Crippen LogP contribution in [0.5, 0.6) is 0 Å². The third kappa shape index (κ3) is 4.92. The van der Waals surface area contributed by atoms with Crippen LogP contribution in [0.3, 0.4) is 0 Å². The van der Waals surface area contributed by atoms with E-state index in [1.807, 2.05) is 6.92 Å². The zero-order valence-corrected chi connectivity index (χ0v) is 12.4. The second-order valence-electron chi connectivity index (χ2n) is 4.71. The molecule has 0 aliphatic heterocycles. The van der Waals surface area contributed by atoms with Crippen molar-refractivity contribution in [1.82, 2.24) is 0 Å². The van der Waals surface area contributed by atoms with E-state index in [1.165, 1.54) is 6.07 Å². The molecule has 116 valence electrons. The molecule has 1 aromatic carbocycles. The van der Waals surface area contributed by atoms with E-state index >= 15 is 0 Å². The Kier molecular flexibility index (Phi) is 6.00. The lowest BCUT2D eigenvalue weighted by Crippen LogP contribution is -2.07. The molecule has 0 heterocycles. The Hall–Kier alpha value is -1.78. The Labute approximate surface area is 122 Å². The third-order valence-corrected chi connectivity index (χ3v) is 2.96. The summed E-state index contributed by atoms with van der Waals surface area (Å²) in [4.78, 5) is 11.6. The van der Waals surface area contributed by atoms with E-state index in [1.54, 1.807) is 19.9 Å². The van der Waals surface area contributed by atoms with Gasteiger partial charge >= 0.3 is 12.1 Å². The fraction of sp³-hybridized carbons (Fsp3) is 0.438. The summed E-state index contributed by atoms with van der Waals surface area (Å²) < 4.78 is 43.1. The topological polar surface area (TPSA) is 26.3 Å². The van der Waals surface area contributed by atoms with Crippen LogP contribution in [0.4, 0.5) is 13.2 Å². The largest absolute Gasteiger partial charge is 0.463 e. The molecular weight excluding hydrogens is 281 g/mol. The van der Waals surface area contributed by atoms with Crippen LogP contribution in [0, 0.1) is 0 Å². The van der Waals surface area contributed by atoms with Crippen molar-refractivity contribution >= 4 is 12.0 Å². The maximum Gasteiger partial charge on any atom is 0.416 e. The highest BCUT2D eigenvalue weighted by Gasteiger charge is 2.30. The fourth-order valence-electron chi connectivity index (χ4n) is 1.95. The van der Waals surface area contributed by atoms with Crippen LogP contribution >= 0.6 is 0 Å². The zero-order chi connectivity index (χ0) is 16.0. The van der Waals surface area contributed by atoms with Gasteiger partial charge in [0, 0.05) is 5.57 Å². The lowest BCUT2D eigenvalue weighted by atomic mass is 9.98. The molecule has 1 aromatic rings. The zero-order valence-electron chi connectivity index (χ0n) is 12.4. The summed E-state index contributed by atoms with van der Waals surface area (Å²) in [7, 11) is 0. The van der Waals surface area contributed by atoms with Crippen molar-refractivity contribution < 1.29 is 22.7 Å². The summed E-state index contributed by atoms with van der Waals surface area (Å²) in [5.74, 6) is -0.458. The third-order valence-electron chi connectivity index (χ3n) is 2.96. The van der Waals surface area contributed by atoms with Crippen LogP contribution in [-0.4, -0.2) is 12.6 Å². The van der Waals surface area contributed by atoms with E-state index in [4.69, 9.17) is 4.74 Å². The van der Waals surface area contributed by atoms with Crippen molar-refractivity contribution in [2.45, 2.75) is 39.8 Å². The van der Waals surface area contributed by atoms with Gasteiger partial charge in [0.15, 0.2) is 0 Å². The number of esters is 1. The molecule has 0 amide bonds. The number of rotatable bonds is 5. The molecule has 1 rings (SSSR count). The molecule has 0 fully saturated rings. The number of carbonyl (C=O) groups is 1. The maximum atomic E-state index is 12.7.